The number of imidazole rings is 1. The fourth-order valence-electron chi connectivity index (χ4n) is 2.90. The number of benzene rings is 1. The van der Waals surface area contributed by atoms with Crippen molar-refractivity contribution in [1.29, 1.82) is 0 Å². The van der Waals surface area contributed by atoms with Crippen molar-refractivity contribution in [1.82, 2.24) is 19.9 Å². The minimum Gasteiger partial charge on any atom is -0.337 e. The van der Waals surface area contributed by atoms with Crippen molar-refractivity contribution in [3.63, 3.8) is 0 Å². The number of hydrogen-bond acceptors (Lipinski definition) is 4. The number of aromatic nitrogens is 4. The standard InChI is InChI=1S/C17H9BrN4S/c18-9-7-12(23-8-9)17-21-15-10-3-1-5-19-13(10)14-11(16(15)22-17)4-2-6-20-14/h1-8H,(H,21,22). The fraction of sp³-hybridized carbons (Fsp3) is 0. The van der Waals surface area contributed by atoms with Crippen LogP contribution < -0.4 is 0 Å². The van der Waals surface area contributed by atoms with Crippen molar-refractivity contribution in [3.8, 4) is 10.7 Å². The highest BCUT2D eigenvalue weighted by atomic mass is 79.9. The number of nitrogens with zero attached hydrogens (tertiary/aromatic N) is 3. The van der Waals surface area contributed by atoms with E-state index in [-0.39, 0.29) is 0 Å². The summed E-state index contributed by atoms with van der Waals surface area (Å²) in [7, 11) is 0. The van der Waals surface area contributed by atoms with Crippen LogP contribution in [0.5, 0.6) is 0 Å². The minimum absolute atomic E-state index is 0.872. The third kappa shape index (κ3) is 1.92. The summed E-state index contributed by atoms with van der Waals surface area (Å²) in [6.07, 6.45) is 3.60. The van der Waals surface area contributed by atoms with Gasteiger partial charge in [0.15, 0.2) is 0 Å². The summed E-state index contributed by atoms with van der Waals surface area (Å²) in [5, 5.41) is 4.12. The molecule has 0 amide bonds. The Labute approximate surface area is 143 Å². The van der Waals surface area contributed by atoms with Crippen LogP contribution in [0.15, 0.2) is 52.6 Å². The van der Waals surface area contributed by atoms with Gasteiger partial charge in [-0.2, -0.15) is 0 Å². The van der Waals surface area contributed by atoms with E-state index in [0.717, 1.165) is 48.0 Å². The zero-order valence-electron chi connectivity index (χ0n) is 11.7. The molecule has 5 rings (SSSR count). The van der Waals surface area contributed by atoms with Crippen molar-refractivity contribution >= 4 is 60.1 Å². The molecule has 0 saturated carbocycles. The van der Waals surface area contributed by atoms with Crippen LogP contribution in [-0.4, -0.2) is 19.9 Å². The molecule has 4 nitrogen and oxygen atoms in total. The first-order chi connectivity index (χ1) is 11.3. The van der Waals surface area contributed by atoms with Crippen LogP contribution in [0.1, 0.15) is 0 Å². The second-order valence-electron chi connectivity index (χ2n) is 5.24. The molecule has 4 heterocycles. The number of pyridine rings is 2. The van der Waals surface area contributed by atoms with Crippen LogP contribution in [0.3, 0.4) is 0 Å². The molecule has 0 aliphatic rings. The van der Waals surface area contributed by atoms with Crippen LogP contribution in [0.25, 0.3) is 43.5 Å². The molecular formula is C17H9BrN4S. The maximum atomic E-state index is 4.84. The monoisotopic (exact) mass is 380 g/mol. The first kappa shape index (κ1) is 13.2. The number of aromatic amines is 1. The van der Waals surface area contributed by atoms with Gasteiger partial charge in [-0.3, -0.25) is 9.97 Å². The highest BCUT2D eigenvalue weighted by molar-refractivity contribution is 9.10. The smallest absolute Gasteiger partial charge is 0.148 e. The fourth-order valence-corrected chi connectivity index (χ4v) is 4.27. The van der Waals surface area contributed by atoms with Crippen molar-refractivity contribution in [2.45, 2.75) is 0 Å². The van der Waals surface area contributed by atoms with Gasteiger partial charge in [0.1, 0.15) is 5.82 Å². The van der Waals surface area contributed by atoms with Crippen LogP contribution in [-0.2, 0) is 0 Å². The lowest BCUT2D eigenvalue weighted by Crippen LogP contribution is -1.86. The maximum Gasteiger partial charge on any atom is 0.148 e. The topological polar surface area (TPSA) is 54.5 Å². The molecule has 6 heteroatoms. The molecule has 4 aromatic heterocycles. The molecule has 1 N–H and O–H groups in total. The van der Waals surface area contributed by atoms with Gasteiger partial charge in [-0.1, -0.05) is 0 Å². The molecule has 0 radical (unpaired) electrons. The van der Waals surface area contributed by atoms with Gasteiger partial charge in [0.05, 0.1) is 26.9 Å². The summed E-state index contributed by atoms with van der Waals surface area (Å²) in [5.74, 6) is 0.872. The molecule has 5 aromatic rings. The number of halogens is 1. The summed E-state index contributed by atoms with van der Waals surface area (Å²) in [6, 6.07) is 10.1. The Kier molecular flexibility index (Phi) is 2.77. The third-order valence-corrected chi connectivity index (χ3v) is 5.57. The lowest BCUT2D eigenvalue weighted by atomic mass is 10.1. The average Bonchev–Trinajstić information content (AvgIpc) is 3.21. The van der Waals surface area contributed by atoms with Crippen LogP contribution >= 0.6 is 27.3 Å². The molecule has 0 spiro atoms. The predicted molar refractivity (Wildman–Crippen MR) is 97.7 cm³/mol. The Balaban J connectivity index is 1.98. The van der Waals surface area contributed by atoms with Gasteiger partial charge in [0.25, 0.3) is 0 Å². The van der Waals surface area contributed by atoms with Gasteiger partial charge < -0.3 is 4.98 Å². The second kappa shape index (κ2) is 4.84. The summed E-state index contributed by atoms with van der Waals surface area (Å²) in [4.78, 5) is 18.5. The number of thiophene rings is 1. The highest BCUT2D eigenvalue weighted by Crippen LogP contribution is 2.35. The Morgan fingerprint density at radius 1 is 0.957 bits per heavy atom. The van der Waals surface area contributed by atoms with E-state index in [2.05, 4.69) is 48.4 Å². The minimum atomic E-state index is 0.872. The van der Waals surface area contributed by atoms with Crippen LogP contribution in [0.4, 0.5) is 0 Å². The number of rotatable bonds is 1. The first-order valence-electron chi connectivity index (χ1n) is 7.07. The van der Waals surface area contributed by atoms with E-state index >= 15 is 0 Å². The summed E-state index contributed by atoms with van der Waals surface area (Å²) >= 11 is 5.16. The van der Waals surface area contributed by atoms with E-state index in [1.54, 1.807) is 23.7 Å². The van der Waals surface area contributed by atoms with E-state index in [9.17, 15) is 0 Å². The van der Waals surface area contributed by atoms with Crippen LogP contribution in [0.2, 0.25) is 0 Å². The van der Waals surface area contributed by atoms with Gasteiger partial charge in [-0.15, -0.1) is 11.3 Å². The largest absolute Gasteiger partial charge is 0.337 e. The predicted octanol–water partition coefficient (Wildman–Crippen LogP) is 5.15. The van der Waals surface area contributed by atoms with Gasteiger partial charge in [-0.05, 0) is 46.3 Å². The molecule has 0 aliphatic heterocycles. The first-order valence-corrected chi connectivity index (χ1v) is 8.74. The summed E-state index contributed by atoms with van der Waals surface area (Å²) < 4.78 is 1.07. The summed E-state index contributed by atoms with van der Waals surface area (Å²) in [6.45, 7) is 0. The molecule has 23 heavy (non-hydrogen) atoms. The van der Waals surface area contributed by atoms with E-state index in [1.807, 2.05) is 18.2 Å². The molecule has 0 bridgehead atoms. The van der Waals surface area contributed by atoms with Gasteiger partial charge in [0.2, 0.25) is 0 Å². The normalized spacial score (nSPS) is 11.7. The lowest BCUT2D eigenvalue weighted by Gasteiger charge is -2.03. The number of hydrogen-bond donors (Lipinski definition) is 1. The highest BCUT2D eigenvalue weighted by Gasteiger charge is 2.15. The Morgan fingerprint density at radius 2 is 1.70 bits per heavy atom. The molecule has 110 valence electrons. The molecular weight excluding hydrogens is 372 g/mol. The Hall–Kier alpha value is -2.31. The van der Waals surface area contributed by atoms with Crippen molar-refractivity contribution in [2.24, 2.45) is 0 Å². The SMILES string of the molecule is Brc1csc(-c2nc3c4cccnc4c4ncccc4c3[nH]2)c1. The van der Waals surface area contributed by atoms with E-state index < -0.39 is 0 Å². The maximum absolute atomic E-state index is 4.84. The van der Waals surface area contributed by atoms with Crippen LogP contribution in [0, 0.1) is 0 Å². The zero-order valence-corrected chi connectivity index (χ0v) is 14.1. The van der Waals surface area contributed by atoms with E-state index in [1.165, 1.54) is 0 Å². The second-order valence-corrected chi connectivity index (χ2v) is 7.06. The third-order valence-electron chi connectivity index (χ3n) is 3.87. The molecule has 0 saturated heterocycles. The summed E-state index contributed by atoms with van der Waals surface area (Å²) in [5.41, 5.74) is 3.74. The quantitative estimate of drug-likeness (QED) is 0.409. The molecule has 0 aliphatic carbocycles. The molecule has 0 unspecified atom stereocenters. The molecule has 0 atom stereocenters. The van der Waals surface area contributed by atoms with Crippen molar-refractivity contribution in [3.05, 3.63) is 52.6 Å². The van der Waals surface area contributed by atoms with Gasteiger partial charge in [-0.25, -0.2) is 4.98 Å². The number of H-pyrrole nitrogens is 1. The van der Waals surface area contributed by atoms with Crippen molar-refractivity contribution < 1.29 is 0 Å². The molecule has 1 aromatic carbocycles. The molecule has 0 fully saturated rings. The Bertz CT molecular complexity index is 1120. The van der Waals surface area contributed by atoms with E-state index in [4.69, 9.17) is 4.98 Å². The van der Waals surface area contributed by atoms with Gasteiger partial charge in [0, 0.05) is 33.0 Å². The lowest BCUT2D eigenvalue weighted by molar-refractivity contribution is 1.36. The zero-order chi connectivity index (χ0) is 15.4. The Morgan fingerprint density at radius 3 is 2.43 bits per heavy atom. The van der Waals surface area contributed by atoms with Gasteiger partial charge >= 0.3 is 0 Å². The average molecular weight is 381 g/mol. The number of nitrogens with one attached hydrogen (secondary N) is 1. The van der Waals surface area contributed by atoms with E-state index in [0.29, 0.717) is 0 Å². The van der Waals surface area contributed by atoms with Crippen molar-refractivity contribution in [2.75, 3.05) is 0 Å². The number of fused-ring (bicyclic) bond motifs is 6.